The molecule has 0 radical (unpaired) electrons. The van der Waals surface area contributed by atoms with E-state index < -0.39 is 0 Å². The van der Waals surface area contributed by atoms with E-state index in [0.717, 1.165) is 40.2 Å². The molecule has 7 heteroatoms. The van der Waals surface area contributed by atoms with E-state index in [9.17, 15) is 4.79 Å². The van der Waals surface area contributed by atoms with Gasteiger partial charge in [-0.3, -0.25) is 4.79 Å². The zero-order valence-electron chi connectivity index (χ0n) is 19.3. The summed E-state index contributed by atoms with van der Waals surface area (Å²) < 4.78 is 5.75. The zero-order valence-corrected chi connectivity index (χ0v) is 19.3. The standard InChI is InChI=1S/C26H29N5O2/c1-18-16-28-26-29-23-14-19(12-22(15-23)25(32)27-9-10-31(2)3)7-5-11-33-17-20-6-4-8-21(13-20)24(18)30-26/h4-6,8,11-16H,7,9-10,17H2,1-3H3,(H,27,32)(H,28,29,30)/b11-5-. The third kappa shape index (κ3) is 5.96. The highest BCUT2D eigenvalue weighted by atomic mass is 16.5. The van der Waals surface area contributed by atoms with E-state index in [1.807, 2.05) is 74.6 Å². The lowest BCUT2D eigenvalue weighted by Crippen LogP contribution is -2.31. The molecule has 6 bridgehead atoms. The summed E-state index contributed by atoms with van der Waals surface area (Å²) in [7, 11) is 3.96. The van der Waals surface area contributed by atoms with Crippen molar-refractivity contribution in [1.82, 2.24) is 20.2 Å². The lowest BCUT2D eigenvalue weighted by Gasteiger charge is -2.13. The topological polar surface area (TPSA) is 79.4 Å². The Labute approximate surface area is 194 Å². The number of ether oxygens (including phenoxy) is 1. The average Bonchev–Trinajstić information content (AvgIpc) is 2.79. The molecule has 1 aliphatic rings. The van der Waals surface area contributed by atoms with Gasteiger partial charge in [0.1, 0.15) is 6.61 Å². The minimum absolute atomic E-state index is 0.110. The molecule has 7 nitrogen and oxygen atoms in total. The van der Waals surface area contributed by atoms with Gasteiger partial charge in [0.2, 0.25) is 5.95 Å². The summed E-state index contributed by atoms with van der Waals surface area (Å²) in [4.78, 5) is 24.1. The van der Waals surface area contributed by atoms with E-state index in [2.05, 4.69) is 21.7 Å². The molecule has 1 amide bonds. The van der Waals surface area contributed by atoms with Crippen LogP contribution in [0.4, 0.5) is 11.6 Å². The lowest BCUT2D eigenvalue weighted by molar-refractivity contribution is 0.0951. The monoisotopic (exact) mass is 443 g/mol. The number of carbonyl (C=O) groups is 1. The Balaban J connectivity index is 1.69. The predicted octanol–water partition coefficient (Wildman–Crippen LogP) is 4.07. The molecule has 3 aromatic rings. The number of rotatable bonds is 4. The highest BCUT2D eigenvalue weighted by Gasteiger charge is 2.12. The zero-order chi connectivity index (χ0) is 23.2. The molecule has 1 aliphatic heterocycles. The average molecular weight is 444 g/mol. The summed E-state index contributed by atoms with van der Waals surface area (Å²) in [6.45, 7) is 3.82. The van der Waals surface area contributed by atoms with Crippen LogP contribution in [0.5, 0.6) is 0 Å². The molecule has 0 saturated heterocycles. The van der Waals surface area contributed by atoms with Gasteiger partial charge in [-0.25, -0.2) is 9.97 Å². The number of fused-ring (bicyclic) bond motifs is 7. The van der Waals surface area contributed by atoms with Gasteiger partial charge in [-0.05, 0) is 74.5 Å². The molecule has 1 aromatic heterocycles. The Morgan fingerprint density at radius 2 is 2.06 bits per heavy atom. The van der Waals surface area contributed by atoms with Crippen molar-refractivity contribution in [2.24, 2.45) is 0 Å². The molecule has 2 heterocycles. The quantitative estimate of drug-likeness (QED) is 0.633. The van der Waals surface area contributed by atoms with Gasteiger partial charge >= 0.3 is 0 Å². The van der Waals surface area contributed by atoms with E-state index in [1.165, 1.54) is 0 Å². The predicted molar refractivity (Wildman–Crippen MR) is 130 cm³/mol. The van der Waals surface area contributed by atoms with Crippen LogP contribution in [0.25, 0.3) is 11.3 Å². The molecular formula is C26H29N5O2. The molecule has 0 spiro atoms. The fourth-order valence-electron chi connectivity index (χ4n) is 3.64. The van der Waals surface area contributed by atoms with Crippen LogP contribution < -0.4 is 10.6 Å². The van der Waals surface area contributed by atoms with Crippen molar-refractivity contribution in [2.75, 3.05) is 32.5 Å². The lowest BCUT2D eigenvalue weighted by atomic mass is 10.1. The Morgan fingerprint density at radius 3 is 2.91 bits per heavy atom. The Kier molecular flexibility index (Phi) is 7.00. The second-order valence-corrected chi connectivity index (χ2v) is 8.42. The first-order valence-electron chi connectivity index (χ1n) is 11.0. The van der Waals surface area contributed by atoms with Crippen LogP contribution in [0.1, 0.15) is 27.0 Å². The number of aryl methyl sites for hydroxylation is 1. The van der Waals surface area contributed by atoms with Crippen molar-refractivity contribution in [1.29, 1.82) is 0 Å². The van der Waals surface area contributed by atoms with Gasteiger partial charge in [-0.2, -0.15) is 0 Å². The van der Waals surface area contributed by atoms with Gasteiger partial charge in [0.25, 0.3) is 5.91 Å². The number of anilines is 2. The molecule has 2 N–H and O–H groups in total. The highest BCUT2D eigenvalue weighted by Crippen LogP contribution is 2.25. The fourth-order valence-corrected chi connectivity index (χ4v) is 3.64. The molecule has 33 heavy (non-hydrogen) atoms. The van der Waals surface area contributed by atoms with Gasteiger partial charge < -0.3 is 20.3 Å². The van der Waals surface area contributed by atoms with Crippen LogP contribution in [-0.4, -0.2) is 48.0 Å². The second kappa shape index (κ2) is 10.3. The largest absolute Gasteiger partial charge is 0.497 e. The van der Waals surface area contributed by atoms with Crippen LogP contribution >= 0.6 is 0 Å². The first kappa shape index (κ1) is 22.5. The number of hydrogen-bond acceptors (Lipinski definition) is 6. The van der Waals surface area contributed by atoms with Crippen molar-refractivity contribution >= 4 is 17.5 Å². The van der Waals surface area contributed by atoms with Crippen molar-refractivity contribution in [3.63, 3.8) is 0 Å². The molecule has 0 atom stereocenters. The van der Waals surface area contributed by atoms with Gasteiger partial charge in [-0.15, -0.1) is 0 Å². The van der Waals surface area contributed by atoms with Gasteiger partial charge in [0.15, 0.2) is 0 Å². The Morgan fingerprint density at radius 1 is 1.18 bits per heavy atom. The van der Waals surface area contributed by atoms with E-state index in [-0.39, 0.29) is 5.91 Å². The first-order chi connectivity index (χ1) is 16.0. The van der Waals surface area contributed by atoms with E-state index in [4.69, 9.17) is 9.72 Å². The summed E-state index contributed by atoms with van der Waals surface area (Å²) in [5.74, 6) is 0.375. The molecule has 0 saturated carbocycles. The molecule has 0 aliphatic carbocycles. The summed E-state index contributed by atoms with van der Waals surface area (Å²) in [5.41, 5.74) is 6.25. The van der Waals surface area contributed by atoms with Crippen LogP contribution in [0.15, 0.2) is 61.0 Å². The SMILES string of the molecule is Cc1cnc2nc1-c1cccc(c1)CO/C=C\Cc1cc(cc(C(=O)NCCN(C)C)c1)N2. The normalized spacial score (nSPS) is 13.8. The molecule has 0 unspecified atom stereocenters. The van der Waals surface area contributed by atoms with Gasteiger partial charge in [-0.1, -0.05) is 18.2 Å². The molecule has 170 valence electrons. The third-order valence-electron chi connectivity index (χ3n) is 5.32. The molecular weight excluding hydrogens is 414 g/mol. The first-order valence-corrected chi connectivity index (χ1v) is 11.0. The maximum atomic E-state index is 12.8. The Hall–Kier alpha value is -3.71. The van der Waals surface area contributed by atoms with Gasteiger partial charge in [0, 0.05) is 36.1 Å². The fraction of sp³-hybridized carbons (Fsp3) is 0.269. The maximum absolute atomic E-state index is 12.8. The smallest absolute Gasteiger partial charge is 0.251 e. The van der Waals surface area contributed by atoms with Crippen LogP contribution in [0.2, 0.25) is 0 Å². The highest BCUT2D eigenvalue weighted by molar-refractivity contribution is 5.95. The van der Waals surface area contributed by atoms with Crippen molar-refractivity contribution in [3.8, 4) is 11.3 Å². The van der Waals surface area contributed by atoms with E-state index in [0.29, 0.717) is 31.1 Å². The van der Waals surface area contributed by atoms with Crippen molar-refractivity contribution < 1.29 is 9.53 Å². The Bertz CT molecular complexity index is 1170. The number of aromatic nitrogens is 2. The van der Waals surface area contributed by atoms with Crippen LogP contribution in [-0.2, 0) is 17.8 Å². The minimum Gasteiger partial charge on any atom is -0.497 e. The van der Waals surface area contributed by atoms with Crippen LogP contribution in [0.3, 0.4) is 0 Å². The second-order valence-electron chi connectivity index (χ2n) is 8.42. The number of likely N-dealkylation sites (N-methyl/N-ethyl adjacent to an activating group) is 1. The number of benzene rings is 2. The summed E-state index contributed by atoms with van der Waals surface area (Å²) in [6, 6.07) is 13.9. The molecule has 0 fully saturated rings. The van der Waals surface area contributed by atoms with E-state index >= 15 is 0 Å². The summed E-state index contributed by atoms with van der Waals surface area (Å²) in [5, 5.41) is 6.27. The van der Waals surface area contributed by atoms with E-state index in [1.54, 1.807) is 6.26 Å². The number of amides is 1. The maximum Gasteiger partial charge on any atom is 0.251 e. The van der Waals surface area contributed by atoms with Crippen molar-refractivity contribution in [2.45, 2.75) is 20.0 Å². The number of nitrogens with one attached hydrogen (secondary N) is 2. The van der Waals surface area contributed by atoms with Crippen molar-refractivity contribution in [3.05, 3.63) is 83.3 Å². The minimum atomic E-state index is -0.110. The third-order valence-corrected chi connectivity index (χ3v) is 5.32. The van der Waals surface area contributed by atoms with Crippen LogP contribution in [0, 0.1) is 6.92 Å². The molecule has 4 rings (SSSR count). The summed E-state index contributed by atoms with van der Waals surface area (Å²) >= 11 is 0. The number of nitrogens with zero attached hydrogens (tertiary/aromatic N) is 3. The molecule has 2 aromatic carbocycles. The number of hydrogen-bond donors (Lipinski definition) is 2. The van der Waals surface area contributed by atoms with Gasteiger partial charge in [0.05, 0.1) is 12.0 Å². The number of carbonyl (C=O) groups excluding carboxylic acids is 1. The number of allylic oxidation sites excluding steroid dienone is 1. The summed E-state index contributed by atoms with van der Waals surface area (Å²) in [6.07, 6.45) is 6.12.